The molecule has 2 unspecified atom stereocenters. The van der Waals surface area contributed by atoms with E-state index in [-0.39, 0.29) is 5.91 Å². The standard InChI is InChI=1S/C17H23N3O3/c18-17(22)12-1-5-15(6-2-12)23-10-8-16(21)20-13-3-4-14(20)11-19-9-7-13/h1-2,5-6,13-14,19H,3-4,7-11H2,(H2,18,22). The molecular formula is C17H23N3O3. The van der Waals surface area contributed by atoms with Crippen LogP contribution in [0.25, 0.3) is 0 Å². The maximum Gasteiger partial charge on any atom is 0.248 e. The molecule has 6 nitrogen and oxygen atoms in total. The Morgan fingerprint density at radius 3 is 2.65 bits per heavy atom. The highest BCUT2D eigenvalue weighted by molar-refractivity contribution is 5.92. The molecule has 0 aromatic heterocycles. The average Bonchev–Trinajstić information content (AvgIpc) is 2.80. The summed E-state index contributed by atoms with van der Waals surface area (Å²) in [5.41, 5.74) is 5.64. The zero-order chi connectivity index (χ0) is 16.2. The van der Waals surface area contributed by atoms with E-state index in [1.54, 1.807) is 24.3 Å². The molecule has 3 N–H and O–H groups in total. The van der Waals surface area contributed by atoms with Crippen LogP contribution in [0.15, 0.2) is 24.3 Å². The Labute approximate surface area is 136 Å². The lowest BCUT2D eigenvalue weighted by molar-refractivity contribution is -0.134. The van der Waals surface area contributed by atoms with Gasteiger partial charge in [-0.25, -0.2) is 0 Å². The molecule has 2 fully saturated rings. The number of nitrogens with zero attached hydrogens (tertiary/aromatic N) is 1. The average molecular weight is 317 g/mol. The van der Waals surface area contributed by atoms with Gasteiger partial charge in [-0.3, -0.25) is 9.59 Å². The number of nitrogens with two attached hydrogens (primary N) is 1. The Morgan fingerprint density at radius 2 is 1.91 bits per heavy atom. The van der Waals surface area contributed by atoms with Gasteiger partial charge in [0, 0.05) is 24.2 Å². The van der Waals surface area contributed by atoms with Gasteiger partial charge in [-0.15, -0.1) is 0 Å². The third-order valence-electron chi connectivity index (χ3n) is 4.67. The Balaban J connectivity index is 1.50. The monoisotopic (exact) mass is 317 g/mol. The predicted molar refractivity (Wildman–Crippen MR) is 86.2 cm³/mol. The summed E-state index contributed by atoms with van der Waals surface area (Å²) >= 11 is 0. The largest absolute Gasteiger partial charge is 0.493 e. The molecule has 0 saturated carbocycles. The van der Waals surface area contributed by atoms with Crippen molar-refractivity contribution in [1.29, 1.82) is 0 Å². The third-order valence-corrected chi connectivity index (χ3v) is 4.67. The molecule has 2 atom stereocenters. The number of carbonyl (C=O) groups is 2. The van der Waals surface area contributed by atoms with Crippen LogP contribution in [0.4, 0.5) is 0 Å². The lowest BCUT2D eigenvalue weighted by Gasteiger charge is -2.28. The van der Waals surface area contributed by atoms with Crippen LogP contribution in [0, 0.1) is 0 Å². The second kappa shape index (κ2) is 7.00. The summed E-state index contributed by atoms with van der Waals surface area (Å²) in [5.74, 6) is 0.357. The molecule has 6 heteroatoms. The minimum atomic E-state index is -0.461. The van der Waals surface area contributed by atoms with Crippen LogP contribution in [-0.4, -0.2) is 48.5 Å². The van der Waals surface area contributed by atoms with Crippen LogP contribution >= 0.6 is 0 Å². The Hall–Kier alpha value is -2.08. The fourth-order valence-corrected chi connectivity index (χ4v) is 3.49. The van der Waals surface area contributed by atoms with Gasteiger partial charge in [-0.1, -0.05) is 0 Å². The lowest BCUT2D eigenvalue weighted by Crippen LogP contribution is -2.42. The number of hydrogen-bond acceptors (Lipinski definition) is 4. The molecule has 1 aromatic rings. The molecule has 0 aliphatic carbocycles. The van der Waals surface area contributed by atoms with Gasteiger partial charge in [0.25, 0.3) is 0 Å². The molecular weight excluding hydrogens is 294 g/mol. The summed E-state index contributed by atoms with van der Waals surface area (Å²) in [6.45, 7) is 2.24. The van der Waals surface area contributed by atoms with Gasteiger partial charge in [0.2, 0.25) is 11.8 Å². The van der Waals surface area contributed by atoms with Crippen molar-refractivity contribution in [2.75, 3.05) is 19.7 Å². The minimum Gasteiger partial charge on any atom is -0.493 e. The number of nitrogens with one attached hydrogen (secondary N) is 1. The number of carbonyl (C=O) groups excluding carboxylic acids is 2. The van der Waals surface area contributed by atoms with E-state index in [0.29, 0.717) is 36.4 Å². The normalized spacial score (nSPS) is 23.4. The number of ether oxygens (including phenoxy) is 1. The maximum absolute atomic E-state index is 12.5. The smallest absolute Gasteiger partial charge is 0.248 e. The van der Waals surface area contributed by atoms with Crippen molar-refractivity contribution < 1.29 is 14.3 Å². The minimum absolute atomic E-state index is 0.176. The topological polar surface area (TPSA) is 84.7 Å². The van der Waals surface area contributed by atoms with Gasteiger partial charge < -0.3 is 20.7 Å². The van der Waals surface area contributed by atoms with Crippen LogP contribution in [0.5, 0.6) is 5.75 Å². The highest BCUT2D eigenvalue weighted by Gasteiger charge is 2.37. The molecule has 0 spiro atoms. The molecule has 2 amide bonds. The van der Waals surface area contributed by atoms with E-state index in [4.69, 9.17) is 10.5 Å². The molecule has 2 aliphatic rings. The number of primary amides is 1. The third kappa shape index (κ3) is 3.64. The fraction of sp³-hybridized carbons (Fsp3) is 0.529. The van der Waals surface area contributed by atoms with Gasteiger partial charge in [0.1, 0.15) is 5.75 Å². The summed E-state index contributed by atoms with van der Waals surface area (Å²) in [5, 5.41) is 3.40. The first-order valence-corrected chi connectivity index (χ1v) is 8.19. The number of rotatable bonds is 5. The van der Waals surface area contributed by atoms with Gasteiger partial charge in [0.05, 0.1) is 13.0 Å². The molecule has 23 heavy (non-hydrogen) atoms. The number of benzene rings is 1. The summed E-state index contributed by atoms with van der Waals surface area (Å²) < 4.78 is 5.61. The van der Waals surface area contributed by atoms with E-state index in [9.17, 15) is 9.59 Å². The van der Waals surface area contributed by atoms with E-state index in [1.165, 1.54) is 0 Å². The molecule has 2 bridgehead atoms. The molecule has 3 rings (SSSR count). The van der Waals surface area contributed by atoms with Crippen LogP contribution in [0.1, 0.15) is 36.0 Å². The Morgan fingerprint density at radius 1 is 1.17 bits per heavy atom. The van der Waals surface area contributed by atoms with Crippen LogP contribution < -0.4 is 15.8 Å². The van der Waals surface area contributed by atoms with Crippen molar-refractivity contribution in [3.8, 4) is 5.75 Å². The molecule has 2 heterocycles. The second-order valence-corrected chi connectivity index (χ2v) is 6.17. The molecule has 2 aliphatic heterocycles. The van der Waals surface area contributed by atoms with Crippen LogP contribution in [0.2, 0.25) is 0 Å². The summed E-state index contributed by atoms with van der Waals surface area (Å²) in [6.07, 6.45) is 3.63. The molecule has 0 radical (unpaired) electrons. The van der Waals surface area contributed by atoms with Crippen molar-refractivity contribution >= 4 is 11.8 Å². The van der Waals surface area contributed by atoms with Gasteiger partial charge in [0.15, 0.2) is 0 Å². The van der Waals surface area contributed by atoms with Gasteiger partial charge in [-0.2, -0.15) is 0 Å². The first-order chi connectivity index (χ1) is 11.1. The van der Waals surface area contributed by atoms with Gasteiger partial charge >= 0.3 is 0 Å². The van der Waals surface area contributed by atoms with Crippen LogP contribution in [-0.2, 0) is 4.79 Å². The maximum atomic E-state index is 12.5. The van der Waals surface area contributed by atoms with Crippen molar-refractivity contribution in [1.82, 2.24) is 10.2 Å². The zero-order valence-electron chi connectivity index (χ0n) is 13.2. The Bertz CT molecular complexity index is 559. The van der Waals surface area contributed by atoms with Gasteiger partial charge in [-0.05, 0) is 50.1 Å². The number of hydrogen-bond donors (Lipinski definition) is 2. The Kier molecular flexibility index (Phi) is 4.81. The lowest BCUT2D eigenvalue weighted by atomic mass is 10.1. The van der Waals surface area contributed by atoms with E-state index < -0.39 is 5.91 Å². The number of amides is 2. The highest BCUT2D eigenvalue weighted by atomic mass is 16.5. The van der Waals surface area contributed by atoms with Crippen molar-refractivity contribution in [3.63, 3.8) is 0 Å². The van der Waals surface area contributed by atoms with Crippen LogP contribution in [0.3, 0.4) is 0 Å². The highest BCUT2D eigenvalue weighted by Crippen LogP contribution is 2.28. The molecule has 1 aromatic carbocycles. The van der Waals surface area contributed by atoms with Crippen molar-refractivity contribution in [2.24, 2.45) is 5.73 Å². The summed E-state index contributed by atoms with van der Waals surface area (Å²) in [6, 6.07) is 7.37. The van der Waals surface area contributed by atoms with E-state index >= 15 is 0 Å². The fourth-order valence-electron chi connectivity index (χ4n) is 3.49. The molecule has 2 saturated heterocycles. The number of fused-ring (bicyclic) bond motifs is 2. The SMILES string of the molecule is NC(=O)c1ccc(OCCC(=O)N2C3CCNCC2CC3)cc1. The molecule has 124 valence electrons. The predicted octanol–water partition coefficient (Wildman–Crippen LogP) is 0.907. The summed E-state index contributed by atoms with van der Waals surface area (Å²) in [7, 11) is 0. The quantitative estimate of drug-likeness (QED) is 0.845. The van der Waals surface area contributed by atoms with E-state index in [1.807, 2.05) is 0 Å². The van der Waals surface area contributed by atoms with Crippen molar-refractivity contribution in [3.05, 3.63) is 29.8 Å². The first kappa shape index (κ1) is 15.8. The zero-order valence-corrected chi connectivity index (χ0v) is 13.2. The van der Waals surface area contributed by atoms with Crippen molar-refractivity contribution in [2.45, 2.75) is 37.8 Å². The van der Waals surface area contributed by atoms with E-state index in [0.717, 1.165) is 32.4 Å². The van der Waals surface area contributed by atoms with E-state index in [2.05, 4.69) is 10.2 Å². The summed E-state index contributed by atoms with van der Waals surface area (Å²) in [4.78, 5) is 25.6. The second-order valence-electron chi connectivity index (χ2n) is 6.17. The first-order valence-electron chi connectivity index (χ1n) is 8.19.